The number of hydrogen-bond donors (Lipinski definition) is 1. The summed E-state index contributed by atoms with van der Waals surface area (Å²) < 4.78 is 10.6. The van der Waals surface area contributed by atoms with Crippen molar-refractivity contribution >= 4 is 12.1 Å². The van der Waals surface area contributed by atoms with Crippen LogP contribution < -0.4 is 5.32 Å². The molecule has 6 nitrogen and oxygen atoms in total. The molecular formula is C22H32N2O4. The SMILES string of the molecule is COC(=O)C1(CN[C@@H]2CC2c2ccccc2)CCN(C(=O)OC(C)(C)C)CC1. The van der Waals surface area contributed by atoms with Gasteiger partial charge in [-0.1, -0.05) is 30.3 Å². The quantitative estimate of drug-likeness (QED) is 0.784. The van der Waals surface area contributed by atoms with Crippen molar-refractivity contribution in [2.45, 2.75) is 57.6 Å². The first kappa shape index (κ1) is 20.6. The van der Waals surface area contributed by atoms with Crippen molar-refractivity contribution in [3.63, 3.8) is 0 Å². The minimum atomic E-state index is -0.586. The van der Waals surface area contributed by atoms with Crippen LogP contribution in [0.5, 0.6) is 0 Å². The van der Waals surface area contributed by atoms with Crippen LogP contribution in [0, 0.1) is 5.41 Å². The van der Waals surface area contributed by atoms with Gasteiger partial charge in [-0.05, 0) is 45.6 Å². The summed E-state index contributed by atoms with van der Waals surface area (Å²) in [4.78, 5) is 26.6. The molecule has 0 radical (unpaired) electrons. The highest BCUT2D eigenvalue weighted by molar-refractivity contribution is 5.78. The van der Waals surface area contributed by atoms with E-state index < -0.39 is 11.0 Å². The Morgan fingerprint density at radius 1 is 1.18 bits per heavy atom. The number of carbonyl (C=O) groups excluding carboxylic acids is 2. The molecule has 28 heavy (non-hydrogen) atoms. The van der Waals surface area contributed by atoms with Crippen molar-refractivity contribution < 1.29 is 19.1 Å². The highest BCUT2D eigenvalue weighted by atomic mass is 16.6. The number of esters is 1. The third-order valence-electron chi connectivity index (χ3n) is 5.71. The van der Waals surface area contributed by atoms with Crippen molar-refractivity contribution in [2.24, 2.45) is 5.41 Å². The average Bonchev–Trinajstić information content (AvgIpc) is 3.45. The van der Waals surface area contributed by atoms with Crippen LogP contribution in [0.1, 0.15) is 51.5 Å². The molecule has 3 rings (SSSR count). The van der Waals surface area contributed by atoms with Crippen LogP contribution in [0.3, 0.4) is 0 Å². The first-order valence-corrected chi connectivity index (χ1v) is 10.1. The molecule has 1 unspecified atom stereocenters. The fourth-order valence-corrected chi connectivity index (χ4v) is 3.93. The summed E-state index contributed by atoms with van der Waals surface area (Å²) in [6.07, 6.45) is 1.93. The lowest BCUT2D eigenvalue weighted by Crippen LogP contribution is -2.52. The number of nitrogens with one attached hydrogen (secondary N) is 1. The van der Waals surface area contributed by atoms with E-state index in [0.29, 0.717) is 44.4 Å². The van der Waals surface area contributed by atoms with Gasteiger partial charge in [0.1, 0.15) is 5.60 Å². The second kappa shape index (κ2) is 8.11. The van der Waals surface area contributed by atoms with E-state index in [0.717, 1.165) is 6.42 Å². The predicted octanol–water partition coefficient (Wildman–Crippen LogP) is 3.32. The monoisotopic (exact) mass is 388 g/mol. The molecule has 2 fully saturated rings. The van der Waals surface area contributed by atoms with Gasteiger partial charge in [0.25, 0.3) is 0 Å². The standard InChI is InChI=1S/C22H32N2O4/c1-21(2,3)28-20(26)24-12-10-22(11-13-24,19(25)27-4)15-23-18-14-17(18)16-8-6-5-7-9-16/h5-9,17-18,23H,10-15H2,1-4H3/t17?,18-/m1/s1. The number of hydrogen-bond acceptors (Lipinski definition) is 5. The molecule has 1 saturated carbocycles. The smallest absolute Gasteiger partial charge is 0.410 e. The summed E-state index contributed by atoms with van der Waals surface area (Å²) in [7, 11) is 1.44. The molecule has 1 N–H and O–H groups in total. The summed E-state index contributed by atoms with van der Waals surface area (Å²) in [6.45, 7) is 7.15. The molecule has 6 heteroatoms. The second-order valence-corrected chi connectivity index (χ2v) is 8.98. The topological polar surface area (TPSA) is 67.9 Å². The summed E-state index contributed by atoms with van der Waals surface area (Å²) in [5, 5.41) is 3.58. The Hall–Kier alpha value is -2.08. The molecule has 0 bridgehead atoms. The zero-order chi connectivity index (χ0) is 20.4. The van der Waals surface area contributed by atoms with Crippen molar-refractivity contribution in [3.8, 4) is 0 Å². The van der Waals surface area contributed by atoms with Gasteiger partial charge in [-0.15, -0.1) is 0 Å². The van der Waals surface area contributed by atoms with Gasteiger partial charge in [0.15, 0.2) is 0 Å². The third kappa shape index (κ3) is 4.85. The molecular weight excluding hydrogens is 356 g/mol. The maximum absolute atomic E-state index is 12.6. The van der Waals surface area contributed by atoms with E-state index >= 15 is 0 Å². The summed E-state index contributed by atoms with van der Waals surface area (Å²) >= 11 is 0. The molecule has 1 aromatic rings. The summed E-state index contributed by atoms with van der Waals surface area (Å²) in [5.74, 6) is 0.318. The average molecular weight is 389 g/mol. The fraction of sp³-hybridized carbons (Fsp3) is 0.636. The minimum Gasteiger partial charge on any atom is -0.469 e. The van der Waals surface area contributed by atoms with Crippen LogP contribution >= 0.6 is 0 Å². The van der Waals surface area contributed by atoms with E-state index in [1.807, 2.05) is 26.8 Å². The van der Waals surface area contributed by atoms with Crippen LogP contribution in [0.2, 0.25) is 0 Å². The number of likely N-dealkylation sites (tertiary alicyclic amines) is 1. The van der Waals surface area contributed by atoms with Crippen LogP contribution in [-0.4, -0.2) is 55.3 Å². The normalized spacial score (nSPS) is 23.8. The first-order chi connectivity index (χ1) is 13.2. The van der Waals surface area contributed by atoms with E-state index in [9.17, 15) is 9.59 Å². The van der Waals surface area contributed by atoms with E-state index in [-0.39, 0.29) is 12.1 Å². The van der Waals surface area contributed by atoms with Crippen molar-refractivity contribution in [3.05, 3.63) is 35.9 Å². The molecule has 0 spiro atoms. The molecule has 1 aliphatic heterocycles. The highest BCUT2D eigenvalue weighted by Crippen LogP contribution is 2.42. The molecule has 2 aliphatic rings. The fourth-order valence-electron chi connectivity index (χ4n) is 3.93. The minimum absolute atomic E-state index is 0.194. The number of piperidine rings is 1. The molecule has 154 valence electrons. The Kier molecular flexibility index (Phi) is 5.98. The maximum atomic E-state index is 12.6. The van der Waals surface area contributed by atoms with Crippen LogP contribution in [0.25, 0.3) is 0 Å². The Bertz CT molecular complexity index is 690. The third-order valence-corrected chi connectivity index (χ3v) is 5.71. The van der Waals surface area contributed by atoms with Crippen LogP contribution in [-0.2, 0) is 14.3 Å². The van der Waals surface area contributed by atoms with Gasteiger partial charge in [-0.25, -0.2) is 4.79 Å². The van der Waals surface area contributed by atoms with Crippen molar-refractivity contribution in [1.82, 2.24) is 10.2 Å². The number of benzene rings is 1. The maximum Gasteiger partial charge on any atom is 0.410 e. The van der Waals surface area contributed by atoms with Gasteiger partial charge in [0.2, 0.25) is 0 Å². The van der Waals surface area contributed by atoms with Gasteiger partial charge in [-0.2, -0.15) is 0 Å². The number of nitrogens with zero attached hydrogens (tertiary/aromatic N) is 1. The molecule has 0 aromatic heterocycles. The van der Waals surface area contributed by atoms with E-state index in [1.54, 1.807) is 4.90 Å². The van der Waals surface area contributed by atoms with Crippen molar-refractivity contribution in [2.75, 3.05) is 26.7 Å². The van der Waals surface area contributed by atoms with Gasteiger partial charge in [0.05, 0.1) is 12.5 Å². The molecule has 1 aromatic carbocycles. The summed E-state index contributed by atoms with van der Waals surface area (Å²) in [5.41, 5.74) is 0.234. The van der Waals surface area contributed by atoms with Gasteiger partial charge >= 0.3 is 12.1 Å². The second-order valence-electron chi connectivity index (χ2n) is 8.98. The Morgan fingerprint density at radius 3 is 2.39 bits per heavy atom. The number of ether oxygens (including phenoxy) is 2. The summed E-state index contributed by atoms with van der Waals surface area (Å²) in [6, 6.07) is 10.9. The zero-order valence-corrected chi connectivity index (χ0v) is 17.4. The molecule has 1 amide bonds. The van der Waals surface area contributed by atoms with Crippen LogP contribution in [0.15, 0.2) is 30.3 Å². The van der Waals surface area contributed by atoms with E-state index in [4.69, 9.17) is 9.47 Å². The van der Waals surface area contributed by atoms with Crippen LogP contribution in [0.4, 0.5) is 4.79 Å². The highest BCUT2D eigenvalue weighted by Gasteiger charge is 2.46. The van der Waals surface area contributed by atoms with Crippen molar-refractivity contribution in [1.29, 1.82) is 0 Å². The van der Waals surface area contributed by atoms with Gasteiger partial charge < -0.3 is 19.7 Å². The lowest BCUT2D eigenvalue weighted by molar-refractivity contribution is -0.155. The molecule has 1 saturated heterocycles. The Labute approximate surface area is 167 Å². The predicted molar refractivity (Wildman–Crippen MR) is 107 cm³/mol. The Balaban J connectivity index is 1.56. The van der Waals surface area contributed by atoms with E-state index in [2.05, 4.69) is 29.6 Å². The number of carbonyl (C=O) groups is 2. The lowest BCUT2D eigenvalue weighted by Gasteiger charge is -2.40. The van der Waals surface area contributed by atoms with E-state index in [1.165, 1.54) is 12.7 Å². The molecule has 1 heterocycles. The first-order valence-electron chi connectivity index (χ1n) is 10.1. The Morgan fingerprint density at radius 2 is 1.82 bits per heavy atom. The lowest BCUT2D eigenvalue weighted by atomic mass is 9.78. The molecule has 2 atom stereocenters. The number of amides is 1. The van der Waals surface area contributed by atoms with Gasteiger partial charge in [0, 0.05) is 31.6 Å². The van der Waals surface area contributed by atoms with Gasteiger partial charge in [-0.3, -0.25) is 4.79 Å². The zero-order valence-electron chi connectivity index (χ0n) is 17.4. The number of rotatable bonds is 5. The largest absolute Gasteiger partial charge is 0.469 e. The number of methoxy groups -OCH3 is 1. The molecule has 1 aliphatic carbocycles.